The molecule has 0 radical (unpaired) electrons. The highest BCUT2D eigenvalue weighted by Crippen LogP contribution is 2.20. The SMILES string of the molecule is Cc1ccc(NC(=O)CC(=O)NCCCN(C)C)cc1Br. The van der Waals surface area contributed by atoms with Gasteiger partial charge in [0.25, 0.3) is 0 Å². The number of carbonyl (C=O) groups excluding carboxylic acids is 2. The van der Waals surface area contributed by atoms with E-state index >= 15 is 0 Å². The van der Waals surface area contributed by atoms with E-state index in [9.17, 15) is 9.59 Å². The summed E-state index contributed by atoms with van der Waals surface area (Å²) in [4.78, 5) is 25.4. The van der Waals surface area contributed by atoms with Crippen molar-refractivity contribution in [1.82, 2.24) is 10.2 Å². The summed E-state index contributed by atoms with van der Waals surface area (Å²) >= 11 is 3.41. The molecule has 0 bridgehead atoms. The molecule has 21 heavy (non-hydrogen) atoms. The summed E-state index contributed by atoms with van der Waals surface area (Å²) in [5.74, 6) is -0.562. The van der Waals surface area contributed by atoms with Crippen molar-refractivity contribution in [2.45, 2.75) is 19.8 Å². The minimum atomic E-state index is -0.309. The first-order valence-corrected chi connectivity index (χ1v) is 7.65. The van der Waals surface area contributed by atoms with E-state index in [0.29, 0.717) is 12.2 Å². The molecule has 0 spiro atoms. The molecule has 0 saturated carbocycles. The molecule has 0 aliphatic rings. The molecule has 0 heterocycles. The second kappa shape index (κ2) is 8.79. The summed E-state index contributed by atoms with van der Waals surface area (Å²) in [7, 11) is 3.96. The summed E-state index contributed by atoms with van der Waals surface area (Å²) < 4.78 is 0.924. The third kappa shape index (κ3) is 7.24. The maximum absolute atomic E-state index is 11.8. The van der Waals surface area contributed by atoms with Gasteiger partial charge in [0.05, 0.1) is 0 Å². The molecule has 1 rings (SSSR count). The van der Waals surface area contributed by atoms with E-state index in [1.54, 1.807) is 0 Å². The Hall–Kier alpha value is -1.40. The first-order chi connectivity index (χ1) is 9.88. The number of rotatable bonds is 7. The van der Waals surface area contributed by atoms with Crippen LogP contribution in [-0.4, -0.2) is 43.9 Å². The minimum Gasteiger partial charge on any atom is -0.356 e. The van der Waals surface area contributed by atoms with Crippen LogP contribution in [0.2, 0.25) is 0 Å². The fourth-order valence-electron chi connectivity index (χ4n) is 1.71. The zero-order valence-electron chi connectivity index (χ0n) is 12.7. The van der Waals surface area contributed by atoms with Gasteiger partial charge in [-0.05, 0) is 51.7 Å². The van der Waals surface area contributed by atoms with Gasteiger partial charge in [-0.2, -0.15) is 0 Å². The Balaban J connectivity index is 2.32. The van der Waals surface area contributed by atoms with Gasteiger partial charge in [0.1, 0.15) is 6.42 Å². The van der Waals surface area contributed by atoms with Crippen LogP contribution in [0.1, 0.15) is 18.4 Å². The average molecular weight is 356 g/mol. The fraction of sp³-hybridized carbons (Fsp3) is 0.467. The molecule has 1 aromatic rings. The van der Waals surface area contributed by atoms with E-state index in [1.807, 2.05) is 44.1 Å². The third-order valence-electron chi connectivity index (χ3n) is 2.88. The van der Waals surface area contributed by atoms with Crippen molar-refractivity contribution < 1.29 is 9.59 Å². The fourth-order valence-corrected chi connectivity index (χ4v) is 2.09. The van der Waals surface area contributed by atoms with Crippen LogP contribution in [0, 0.1) is 6.92 Å². The second-order valence-electron chi connectivity index (χ2n) is 5.20. The Labute approximate surface area is 134 Å². The number of benzene rings is 1. The van der Waals surface area contributed by atoms with Gasteiger partial charge in [-0.3, -0.25) is 9.59 Å². The van der Waals surface area contributed by atoms with Gasteiger partial charge >= 0.3 is 0 Å². The quantitative estimate of drug-likeness (QED) is 0.581. The van der Waals surface area contributed by atoms with Crippen molar-refractivity contribution in [3.63, 3.8) is 0 Å². The van der Waals surface area contributed by atoms with E-state index in [-0.39, 0.29) is 18.2 Å². The van der Waals surface area contributed by atoms with Crippen molar-refractivity contribution in [1.29, 1.82) is 0 Å². The maximum atomic E-state index is 11.8. The highest BCUT2D eigenvalue weighted by molar-refractivity contribution is 9.10. The normalized spacial score (nSPS) is 10.5. The topological polar surface area (TPSA) is 61.4 Å². The average Bonchev–Trinajstić information content (AvgIpc) is 2.38. The van der Waals surface area contributed by atoms with Crippen molar-refractivity contribution in [3.05, 3.63) is 28.2 Å². The number of nitrogens with zero attached hydrogens (tertiary/aromatic N) is 1. The van der Waals surface area contributed by atoms with Gasteiger partial charge in [0.2, 0.25) is 11.8 Å². The number of hydrogen-bond donors (Lipinski definition) is 2. The summed E-state index contributed by atoms with van der Waals surface area (Å²) in [5, 5.41) is 5.45. The molecular weight excluding hydrogens is 334 g/mol. The number of amides is 2. The molecule has 5 nitrogen and oxygen atoms in total. The van der Waals surface area contributed by atoms with Crippen LogP contribution in [0.4, 0.5) is 5.69 Å². The van der Waals surface area contributed by atoms with Crippen molar-refractivity contribution >= 4 is 33.4 Å². The third-order valence-corrected chi connectivity index (χ3v) is 3.74. The Morgan fingerprint density at radius 1 is 1.24 bits per heavy atom. The molecule has 2 N–H and O–H groups in total. The molecule has 0 atom stereocenters. The lowest BCUT2D eigenvalue weighted by molar-refractivity contribution is -0.126. The Morgan fingerprint density at radius 2 is 1.95 bits per heavy atom. The molecule has 6 heteroatoms. The van der Waals surface area contributed by atoms with E-state index in [2.05, 4.69) is 26.6 Å². The molecule has 1 aromatic carbocycles. The summed E-state index contributed by atoms with van der Waals surface area (Å²) in [6.45, 7) is 3.46. The molecule has 116 valence electrons. The zero-order chi connectivity index (χ0) is 15.8. The standard InChI is InChI=1S/C15H22BrN3O2/c1-11-5-6-12(9-13(11)16)18-15(21)10-14(20)17-7-4-8-19(2)3/h5-6,9H,4,7-8,10H2,1-3H3,(H,17,20)(H,18,21). The highest BCUT2D eigenvalue weighted by atomic mass is 79.9. The van der Waals surface area contributed by atoms with Gasteiger partial charge in [-0.15, -0.1) is 0 Å². The van der Waals surface area contributed by atoms with Crippen LogP contribution in [0.15, 0.2) is 22.7 Å². The van der Waals surface area contributed by atoms with Crippen LogP contribution < -0.4 is 10.6 Å². The molecule has 0 saturated heterocycles. The van der Waals surface area contributed by atoms with Crippen molar-refractivity contribution in [3.8, 4) is 0 Å². The summed E-state index contributed by atoms with van der Waals surface area (Å²) in [6, 6.07) is 5.54. The number of carbonyl (C=O) groups is 2. The van der Waals surface area contributed by atoms with Crippen LogP contribution >= 0.6 is 15.9 Å². The predicted molar refractivity (Wildman–Crippen MR) is 88.3 cm³/mol. The first-order valence-electron chi connectivity index (χ1n) is 6.86. The number of hydrogen-bond acceptors (Lipinski definition) is 3. The lowest BCUT2D eigenvalue weighted by Crippen LogP contribution is -2.30. The maximum Gasteiger partial charge on any atom is 0.233 e. The van der Waals surface area contributed by atoms with E-state index in [0.717, 1.165) is 23.0 Å². The molecule has 0 unspecified atom stereocenters. The minimum absolute atomic E-state index is 0.159. The van der Waals surface area contributed by atoms with Gasteiger partial charge in [-0.25, -0.2) is 0 Å². The monoisotopic (exact) mass is 355 g/mol. The molecule has 0 aromatic heterocycles. The second-order valence-corrected chi connectivity index (χ2v) is 6.05. The molecule has 2 amide bonds. The van der Waals surface area contributed by atoms with Gasteiger partial charge in [0, 0.05) is 16.7 Å². The Bertz CT molecular complexity index is 504. The molecular formula is C15H22BrN3O2. The zero-order valence-corrected chi connectivity index (χ0v) is 14.3. The number of anilines is 1. The highest BCUT2D eigenvalue weighted by Gasteiger charge is 2.09. The van der Waals surface area contributed by atoms with E-state index in [1.165, 1.54) is 0 Å². The largest absolute Gasteiger partial charge is 0.356 e. The molecule has 0 aliphatic carbocycles. The Kier molecular flexibility index (Phi) is 7.39. The first kappa shape index (κ1) is 17.7. The lowest BCUT2D eigenvalue weighted by Gasteiger charge is -2.10. The lowest BCUT2D eigenvalue weighted by atomic mass is 10.2. The number of nitrogens with one attached hydrogen (secondary N) is 2. The van der Waals surface area contributed by atoms with Crippen LogP contribution in [0.5, 0.6) is 0 Å². The van der Waals surface area contributed by atoms with Crippen molar-refractivity contribution in [2.24, 2.45) is 0 Å². The van der Waals surface area contributed by atoms with E-state index in [4.69, 9.17) is 0 Å². The van der Waals surface area contributed by atoms with Gasteiger partial charge in [-0.1, -0.05) is 22.0 Å². The van der Waals surface area contributed by atoms with Gasteiger partial charge < -0.3 is 15.5 Å². The predicted octanol–water partition coefficient (Wildman–Crippen LogP) is 2.15. The van der Waals surface area contributed by atoms with Crippen LogP contribution in [0.3, 0.4) is 0 Å². The Morgan fingerprint density at radius 3 is 2.57 bits per heavy atom. The van der Waals surface area contributed by atoms with Gasteiger partial charge in [0.15, 0.2) is 0 Å². The summed E-state index contributed by atoms with van der Waals surface area (Å²) in [6.07, 6.45) is 0.707. The summed E-state index contributed by atoms with van der Waals surface area (Å²) in [5.41, 5.74) is 1.77. The van der Waals surface area contributed by atoms with E-state index < -0.39 is 0 Å². The smallest absolute Gasteiger partial charge is 0.233 e. The molecule has 0 aliphatic heterocycles. The number of aryl methyl sites for hydroxylation is 1. The van der Waals surface area contributed by atoms with Crippen LogP contribution in [-0.2, 0) is 9.59 Å². The number of halogens is 1. The van der Waals surface area contributed by atoms with Crippen molar-refractivity contribution in [2.75, 3.05) is 32.5 Å². The molecule has 0 fully saturated rings. The van der Waals surface area contributed by atoms with Crippen LogP contribution in [0.25, 0.3) is 0 Å².